The zero-order valence-corrected chi connectivity index (χ0v) is 18.1. The van der Waals surface area contributed by atoms with E-state index in [1.54, 1.807) is 30.3 Å². The van der Waals surface area contributed by atoms with Crippen molar-refractivity contribution in [1.82, 2.24) is 0 Å². The van der Waals surface area contributed by atoms with E-state index in [2.05, 4.69) is 27.9 Å². The van der Waals surface area contributed by atoms with E-state index < -0.39 is 15.9 Å². The Morgan fingerprint density at radius 2 is 1.54 bits per heavy atom. The molecule has 0 heterocycles. The molecule has 3 aromatic rings. The number of halogens is 1. The molecule has 0 unspecified atom stereocenters. The summed E-state index contributed by atoms with van der Waals surface area (Å²) in [6, 6.07) is 24.1. The summed E-state index contributed by atoms with van der Waals surface area (Å²) in [6.45, 7) is -0.303. The van der Waals surface area contributed by atoms with Gasteiger partial charge >= 0.3 is 0 Å². The lowest BCUT2D eigenvalue weighted by molar-refractivity contribution is -0.114. The van der Waals surface area contributed by atoms with Crippen LogP contribution in [-0.4, -0.2) is 27.1 Å². The molecule has 0 spiro atoms. The second kappa shape index (κ2) is 8.74. The number of sulfonamides is 1. The number of para-hydroxylation sites is 1. The van der Waals surface area contributed by atoms with E-state index in [-0.39, 0.29) is 6.54 Å². The number of benzene rings is 3. The second-order valence-electron chi connectivity index (χ2n) is 6.21. The molecule has 0 aromatic heterocycles. The summed E-state index contributed by atoms with van der Waals surface area (Å²) < 4.78 is 26.6. The van der Waals surface area contributed by atoms with E-state index in [1.165, 1.54) is 0 Å². The minimum Gasteiger partial charge on any atom is -0.324 e. The van der Waals surface area contributed by atoms with E-state index in [1.807, 2.05) is 48.5 Å². The first-order valence-corrected chi connectivity index (χ1v) is 11.4. The highest BCUT2D eigenvalue weighted by Gasteiger charge is 2.21. The van der Waals surface area contributed by atoms with Gasteiger partial charge in [-0.3, -0.25) is 9.10 Å². The van der Waals surface area contributed by atoms with Gasteiger partial charge in [0, 0.05) is 14.8 Å². The van der Waals surface area contributed by atoms with Gasteiger partial charge < -0.3 is 5.32 Å². The maximum atomic E-state index is 12.7. The molecule has 0 saturated heterocycles. The van der Waals surface area contributed by atoms with Crippen molar-refractivity contribution >= 4 is 49.9 Å². The van der Waals surface area contributed by atoms with Gasteiger partial charge in [-0.1, -0.05) is 48.5 Å². The summed E-state index contributed by atoms with van der Waals surface area (Å²) >= 11 is 2.14. The van der Waals surface area contributed by atoms with Crippen LogP contribution in [0.25, 0.3) is 11.1 Å². The maximum Gasteiger partial charge on any atom is 0.245 e. The fourth-order valence-corrected chi connectivity index (χ4v) is 4.01. The average molecular weight is 506 g/mol. The predicted octanol–water partition coefficient (Wildman–Crippen LogP) is 4.36. The maximum absolute atomic E-state index is 12.7. The minimum absolute atomic E-state index is 0.303. The third kappa shape index (κ3) is 5.11. The Morgan fingerprint density at radius 1 is 0.929 bits per heavy atom. The van der Waals surface area contributed by atoms with Crippen LogP contribution < -0.4 is 9.62 Å². The first kappa shape index (κ1) is 20.3. The van der Waals surface area contributed by atoms with Crippen molar-refractivity contribution < 1.29 is 13.2 Å². The Kier molecular flexibility index (Phi) is 6.35. The van der Waals surface area contributed by atoms with Gasteiger partial charge in [-0.05, 0) is 58.5 Å². The lowest BCUT2D eigenvalue weighted by Gasteiger charge is -2.22. The van der Waals surface area contributed by atoms with Crippen LogP contribution in [0.3, 0.4) is 0 Å². The molecule has 0 atom stereocenters. The van der Waals surface area contributed by atoms with E-state index >= 15 is 0 Å². The molecule has 0 aliphatic rings. The van der Waals surface area contributed by atoms with Crippen LogP contribution in [0.1, 0.15) is 0 Å². The number of hydrogen-bond acceptors (Lipinski definition) is 3. The van der Waals surface area contributed by atoms with Gasteiger partial charge in [0.05, 0.1) is 11.9 Å². The Bertz CT molecular complexity index is 1070. The van der Waals surface area contributed by atoms with Gasteiger partial charge in [-0.25, -0.2) is 8.42 Å². The third-order valence-electron chi connectivity index (χ3n) is 4.09. The van der Waals surface area contributed by atoms with Gasteiger partial charge in [0.25, 0.3) is 0 Å². The van der Waals surface area contributed by atoms with Crippen LogP contribution in [-0.2, 0) is 14.8 Å². The van der Waals surface area contributed by atoms with Crippen LogP contribution >= 0.6 is 22.6 Å². The molecular formula is C21H19IN2O3S. The number of hydrogen-bond donors (Lipinski definition) is 1. The topological polar surface area (TPSA) is 66.5 Å². The number of rotatable bonds is 6. The number of anilines is 2. The summed E-state index contributed by atoms with van der Waals surface area (Å²) in [4.78, 5) is 12.7. The Hall–Kier alpha value is -2.39. The quantitative estimate of drug-likeness (QED) is 0.506. The molecule has 1 amide bonds. The molecular weight excluding hydrogens is 487 g/mol. The Labute approximate surface area is 178 Å². The average Bonchev–Trinajstić information content (AvgIpc) is 2.67. The van der Waals surface area contributed by atoms with Crippen molar-refractivity contribution in [3.8, 4) is 11.1 Å². The normalized spacial score (nSPS) is 11.1. The fourth-order valence-electron chi connectivity index (χ4n) is 2.79. The zero-order valence-electron chi connectivity index (χ0n) is 15.2. The lowest BCUT2D eigenvalue weighted by atomic mass is 10.0. The van der Waals surface area contributed by atoms with Crippen LogP contribution in [0.15, 0.2) is 78.9 Å². The molecule has 5 nitrogen and oxygen atoms in total. The molecule has 0 fully saturated rings. The smallest absolute Gasteiger partial charge is 0.245 e. The van der Waals surface area contributed by atoms with E-state index in [4.69, 9.17) is 0 Å². The van der Waals surface area contributed by atoms with Crippen molar-refractivity contribution in [3.63, 3.8) is 0 Å². The van der Waals surface area contributed by atoms with Gasteiger partial charge in [-0.2, -0.15) is 0 Å². The molecule has 3 aromatic carbocycles. The number of carbonyl (C=O) groups is 1. The largest absolute Gasteiger partial charge is 0.324 e. The summed E-state index contributed by atoms with van der Waals surface area (Å²) in [5, 5.41) is 2.85. The highest BCUT2D eigenvalue weighted by molar-refractivity contribution is 14.1. The van der Waals surface area contributed by atoms with Crippen LogP contribution in [0.2, 0.25) is 0 Å². The van der Waals surface area contributed by atoms with Crippen LogP contribution in [0, 0.1) is 3.57 Å². The molecule has 0 aliphatic heterocycles. The molecule has 0 aliphatic carbocycles. The number of carbonyl (C=O) groups excluding carboxylic acids is 1. The molecule has 1 N–H and O–H groups in total. The number of nitrogens with one attached hydrogen (secondary N) is 1. The first-order chi connectivity index (χ1) is 13.3. The molecule has 0 bridgehead atoms. The highest BCUT2D eigenvalue weighted by atomic mass is 127. The fraction of sp³-hybridized carbons (Fsp3) is 0.0952. The van der Waals surface area contributed by atoms with E-state index in [9.17, 15) is 13.2 Å². The second-order valence-corrected chi connectivity index (χ2v) is 9.36. The number of amides is 1. The summed E-state index contributed by atoms with van der Waals surface area (Å²) in [7, 11) is -3.61. The monoisotopic (exact) mass is 506 g/mol. The van der Waals surface area contributed by atoms with Crippen molar-refractivity contribution in [3.05, 3.63) is 82.4 Å². The molecule has 0 radical (unpaired) electrons. The number of nitrogens with zero attached hydrogens (tertiary/aromatic N) is 1. The summed E-state index contributed by atoms with van der Waals surface area (Å²) in [6.07, 6.45) is 1.09. The highest BCUT2D eigenvalue weighted by Crippen LogP contribution is 2.27. The molecule has 28 heavy (non-hydrogen) atoms. The van der Waals surface area contributed by atoms with Gasteiger partial charge in [0.1, 0.15) is 6.54 Å². The van der Waals surface area contributed by atoms with Gasteiger partial charge in [0.2, 0.25) is 15.9 Å². The van der Waals surface area contributed by atoms with Crippen LogP contribution in [0.5, 0.6) is 0 Å². The summed E-state index contributed by atoms with van der Waals surface area (Å²) in [5.74, 6) is -0.410. The van der Waals surface area contributed by atoms with Gasteiger partial charge in [-0.15, -0.1) is 0 Å². The predicted molar refractivity (Wildman–Crippen MR) is 122 cm³/mol. The van der Waals surface area contributed by atoms with E-state index in [0.717, 1.165) is 25.3 Å². The third-order valence-corrected chi connectivity index (χ3v) is 5.95. The molecule has 7 heteroatoms. The summed E-state index contributed by atoms with van der Waals surface area (Å²) in [5.41, 5.74) is 2.93. The lowest BCUT2D eigenvalue weighted by Crippen LogP contribution is -2.37. The Morgan fingerprint density at radius 3 is 2.18 bits per heavy atom. The minimum atomic E-state index is -3.61. The van der Waals surface area contributed by atoms with Crippen molar-refractivity contribution in [1.29, 1.82) is 0 Å². The molecule has 144 valence electrons. The SMILES string of the molecule is CS(=O)(=O)N(CC(=O)Nc1ccccc1-c1ccccc1)c1ccc(I)cc1. The van der Waals surface area contributed by atoms with Crippen molar-refractivity contribution in [2.75, 3.05) is 22.4 Å². The van der Waals surface area contributed by atoms with Crippen molar-refractivity contribution in [2.24, 2.45) is 0 Å². The van der Waals surface area contributed by atoms with E-state index in [0.29, 0.717) is 11.4 Å². The van der Waals surface area contributed by atoms with Crippen molar-refractivity contribution in [2.45, 2.75) is 0 Å². The van der Waals surface area contributed by atoms with Gasteiger partial charge in [0.15, 0.2) is 0 Å². The Balaban J connectivity index is 1.84. The standard InChI is InChI=1S/C21H19IN2O3S/c1-28(26,27)24(18-13-11-17(22)12-14-18)15-21(25)23-20-10-6-5-9-19(20)16-7-3-2-4-8-16/h2-14H,15H2,1H3,(H,23,25). The molecule has 3 rings (SSSR count). The zero-order chi connectivity index (χ0) is 20.1. The first-order valence-electron chi connectivity index (χ1n) is 8.52. The molecule has 0 saturated carbocycles. The van der Waals surface area contributed by atoms with Crippen LogP contribution in [0.4, 0.5) is 11.4 Å².